The number of aromatic nitrogens is 1. The Morgan fingerprint density at radius 2 is 2.00 bits per heavy atom. The first-order valence-electron chi connectivity index (χ1n) is 4.83. The van der Waals surface area contributed by atoms with Crippen molar-refractivity contribution in [2.24, 2.45) is 0 Å². The summed E-state index contributed by atoms with van der Waals surface area (Å²) in [7, 11) is 0. The molecule has 0 saturated heterocycles. The Morgan fingerprint density at radius 1 is 1.19 bits per heavy atom. The third-order valence-electron chi connectivity index (χ3n) is 2.06. The van der Waals surface area contributed by atoms with Crippen LogP contribution in [0.2, 0.25) is 0 Å². The largest absolute Gasteiger partial charge is 0.486 e. The fraction of sp³-hybridized carbons (Fsp3) is 0.0833. The van der Waals surface area contributed by atoms with E-state index < -0.39 is 0 Å². The molecule has 82 valence electrons. The van der Waals surface area contributed by atoms with Crippen molar-refractivity contribution in [3.8, 4) is 5.75 Å². The number of rotatable bonds is 3. The molecule has 4 heteroatoms. The first-order chi connectivity index (χ1) is 7.75. The van der Waals surface area contributed by atoms with Crippen molar-refractivity contribution in [1.82, 2.24) is 4.98 Å². The van der Waals surface area contributed by atoms with Crippen molar-refractivity contribution >= 4 is 21.6 Å². The highest BCUT2D eigenvalue weighted by Crippen LogP contribution is 2.24. The lowest BCUT2D eigenvalue weighted by Crippen LogP contribution is -1.99. The van der Waals surface area contributed by atoms with Gasteiger partial charge in [0, 0.05) is 0 Å². The molecule has 0 aliphatic carbocycles. The smallest absolute Gasteiger partial charge is 0.134 e. The lowest BCUT2D eigenvalue weighted by atomic mass is 10.3. The van der Waals surface area contributed by atoms with Gasteiger partial charge in [-0.15, -0.1) is 0 Å². The number of hydrogen-bond acceptors (Lipinski definition) is 3. The molecule has 2 aromatic rings. The Labute approximate surface area is 102 Å². The van der Waals surface area contributed by atoms with Gasteiger partial charge in [0.2, 0.25) is 0 Å². The highest BCUT2D eigenvalue weighted by atomic mass is 79.9. The van der Waals surface area contributed by atoms with Gasteiger partial charge in [0.25, 0.3) is 0 Å². The van der Waals surface area contributed by atoms with E-state index in [-0.39, 0.29) is 0 Å². The molecule has 0 spiro atoms. The Morgan fingerprint density at radius 3 is 2.69 bits per heavy atom. The third kappa shape index (κ3) is 2.73. The molecule has 0 saturated carbocycles. The molecular formula is C12H11BrN2O. The second-order valence-corrected chi connectivity index (χ2v) is 4.16. The molecular weight excluding hydrogens is 268 g/mol. The summed E-state index contributed by atoms with van der Waals surface area (Å²) in [5.74, 6) is 0.807. The molecule has 0 fully saturated rings. The number of nitrogen functional groups attached to an aromatic ring is 1. The predicted octanol–water partition coefficient (Wildman–Crippen LogP) is 3.01. The standard InChI is InChI=1S/C12H11BrN2O/c13-11-3-1-2-4-12(11)16-8-10-6-5-9(14)7-15-10/h1-7H,8,14H2. The number of hydrogen-bond donors (Lipinski definition) is 1. The molecule has 0 atom stereocenters. The van der Waals surface area contributed by atoms with Gasteiger partial charge in [-0.25, -0.2) is 0 Å². The van der Waals surface area contributed by atoms with Crippen molar-refractivity contribution in [3.05, 3.63) is 52.8 Å². The lowest BCUT2D eigenvalue weighted by molar-refractivity contribution is 0.299. The molecule has 1 aromatic carbocycles. The Kier molecular flexibility index (Phi) is 3.41. The van der Waals surface area contributed by atoms with Gasteiger partial charge in [0.05, 0.1) is 22.1 Å². The van der Waals surface area contributed by atoms with Gasteiger partial charge in [-0.2, -0.15) is 0 Å². The summed E-state index contributed by atoms with van der Waals surface area (Å²) >= 11 is 3.42. The molecule has 0 aliphatic heterocycles. The molecule has 16 heavy (non-hydrogen) atoms. The van der Waals surface area contributed by atoms with Crippen molar-refractivity contribution in [1.29, 1.82) is 0 Å². The second-order valence-electron chi connectivity index (χ2n) is 3.30. The number of pyridine rings is 1. The fourth-order valence-corrected chi connectivity index (χ4v) is 1.63. The average molecular weight is 279 g/mol. The van der Waals surface area contributed by atoms with Crippen LogP contribution < -0.4 is 10.5 Å². The molecule has 0 amide bonds. The third-order valence-corrected chi connectivity index (χ3v) is 2.71. The van der Waals surface area contributed by atoms with E-state index >= 15 is 0 Å². The maximum absolute atomic E-state index is 5.61. The minimum absolute atomic E-state index is 0.433. The number of benzene rings is 1. The Balaban J connectivity index is 2.02. The van der Waals surface area contributed by atoms with Crippen LogP contribution in [0.5, 0.6) is 5.75 Å². The summed E-state index contributed by atoms with van der Waals surface area (Å²) in [4.78, 5) is 4.16. The van der Waals surface area contributed by atoms with Crippen LogP contribution in [0, 0.1) is 0 Å². The van der Waals surface area contributed by atoms with Crippen LogP contribution in [-0.2, 0) is 6.61 Å². The van der Waals surface area contributed by atoms with Crippen LogP contribution in [-0.4, -0.2) is 4.98 Å². The summed E-state index contributed by atoms with van der Waals surface area (Å²) in [5.41, 5.74) is 7.06. The van der Waals surface area contributed by atoms with Crippen molar-refractivity contribution < 1.29 is 4.74 Å². The second kappa shape index (κ2) is 4.99. The van der Waals surface area contributed by atoms with Gasteiger partial charge in [0.1, 0.15) is 12.4 Å². The fourth-order valence-electron chi connectivity index (χ4n) is 1.23. The number of nitrogens with two attached hydrogens (primary N) is 1. The Bertz CT molecular complexity index is 471. The summed E-state index contributed by atoms with van der Waals surface area (Å²) in [6.07, 6.45) is 1.62. The summed E-state index contributed by atoms with van der Waals surface area (Å²) in [5, 5.41) is 0. The molecule has 2 rings (SSSR count). The van der Waals surface area contributed by atoms with E-state index in [1.165, 1.54) is 0 Å². The van der Waals surface area contributed by atoms with E-state index in [0.717, 1.165) is 15.9 Å². The van der Waals surface area contributed by atoms with Crippen molar-refractivity contribution in [3.63, 3.8) is 0 Å². The minimum Gasteiger partial charge on any atom is -0.486 e. The summed E-state index contributed by atoms with van der Waals surface area (Å²) in [6.45, 7) is 0.433. The first-order valence-corrected chi connectivity index (χ1v) is 5.63. The van der Waals surface area contributed by atoms with Gasteiger partial charge in [-0.3, -0.25) is 4.98 Å². The lowest BCUT2D eigenvalue weighted by Gasteiger charge is -2.07. The van der Waals surface area contributed by atoms with Crippen LogP contribution in [0.3, 0.4) is 0 Å². The molecule has 0 radical (unpaired) electrons. The molecule has 0 bridgehead atoms. The number of anilines is 1. The van der Waals surface area contributed by atoms with Crippen LogP contribution in [0.15, 0.2) is 47.1 Å². The van der Waals surface area contributed by atoms with Gasteiger partial charge in [-0.1, -0.05) is 12.1 Å². The summed E-state index contributed by atoms with van der Waals surface area (Å²) < 4.78 is 6.55. The predicted molar refractivity (Wildman–Crippen MR) is 67.1 cm³/mol. The molecule has 0 unspecified atom stereocenters. The van der Waals surface area contributed by atoms with Crippen molar-refractivity contribution in [2.75, 3.05) is 5.73 Å². The summed E-state index contributed by atoms with van der Waals surface area (Å²) in [6, 6.07) is 11.4. The van der Waals surface area contributed by atoms with Crippen LogP contribution in [0.25, 0.3) is 0 Å². The van der Waals surface area contributed by atoms with E-state index in [0.29, 0.717) is 12.3 Å². The molecule has 0 aliphatic rings. The number of para-hydroxylation sites is 1. The number of nitrogens with zero attached hydrogens (tertiary/aromatic N) is 1. The van der Waals surface area contributed by atoms with Crippen LogP contribution >= 0.6 is 15.9 Å². The Hall–Kier alpha value is -1.55. The van der Waals surface area contributed by atoms with Gasteiger partial charge < -0.3 is 10.5 Å². The normalized spacial score (nSPS) is 10.1. The monoisotopic (exact) mass is 278 g/mol. The maximum atomic E-state index is 5.61. The van der Waals surface area contributed by atoms with Crippen molar-refractivity contribution in [2.45, 2.75) is 6.61 Å². The van der Waals surface area contributed by atoms with Crippen LogP contribution in [0.1, 0.15) is 5.69 Å². The molecule has 1 aromatic heterocycles. The van der Waals surface area contributed by atoms with E-state index in [9.17, 15) is 0 Å². The van der Waals surface area contributed by atoms with Gasteiger partial charge in [0.15, 0.2) is 0 Å². The zero-order valence-corrected chi connectivity index (χ0v) is 10.1. The molecule has 2 N–H and O–H groups in total. The highest BCUT2D eigenvalue weighted by Gasteiger charge is 2.00. The highest BCUT2D eigenvalue weighted by molar-refractivity contribution is 9.10. The molecule has 1 heterocycles. The zero-order valence-electron chi connectivity index (χ0n) is 8.56. The zero-order chi connectivity index (χ0) is 11.4. The van der Waals surface area contributed by atoms with Crippen LogP contribution in [0.4, 0.5) is 5.69 Å². The SMILES string of the molecule is Nc1ccc(COc2ccccc2Br)nc1. The van der Waals surface area contributed by atoms with E-state index in [4.69, 9.17) is 10.5 Å². The topological polar surface area (TPSA) is 48.1 Å². The minimum atomic E-state index is 0.433. The average Bonchev–Trinajstić information content (AvgIpc) is 2.30. The number of ether oxygens (including phenoxy) is 1. The first kappa shape index (κ1) is 11.0. The van der Waals surface area contributed by atoms with E-state index in [1.54, 1.807) is 6.20 Å². The molecule has 3 nitrogen and oxygen atoms in total. The maximum Gasteiger partial charge on any atom is 0.134 e. The van der Waals surface area contributed by atoms with E-state index in [1.807, 2.05) is 36.4 Å². The van der Waals surface area contributed by atoms with Gasteiger partial charge >= 0.3 is 0 Å². The number of halogens is 1. The van der Waals surface area contributed by atoms with E-state index in [2.05, 4.69) is 20.9 Å². The van der Waals surface area contributed by atoms with Gasteiger partial charge in [-0.05, 0) is 40.2 Å². The quantitative estimate of drug-likeness (QED) is 0.939.